The zero-order chi connectivity index (χ0) is 12.0. The second-order valence-electron chi connectivity index (χ2n) is 4.56. The normalized spacial score (nSPS) is 20.8. The number of aromatic nitrogens is 2. The standard InChI is InChI=1S/C13H16BrN3/c1-3-16-6-7-17-12-5-4-10(14)8-11(12)15-13(17)9(16)2/h4-5,8-9H,3,6-7H2,1-2H3/t9-/m1/s1. The van der Waals surface area contributed by atoms with Crippen LogP contribution >= 0.6 is 15.9 Å². The first-order chi connectivity index (χ1) is 8.20. The largest absolute Gasteiger partial charge is 0.325 e. The molecule has 0 spiro atoms. The van der Waals surface area contributed by atoms with Crippen molar-refractivity contribution in [3.05, 3.63) is 28.5 Å². The maximum absolute atomic E-state index is 4.78. The smallest absolute Gasteiger partial charge is 0.127 e. The highest BCUT2D eigenvalue weighted by Crippen LogP contribution is 2.29. The number of benzene rings is 1. The molecule has 4 heteroatoms. The van der Waals surface area contributed by atoms with Gasteiger partial charge in [0.2, 0.25) is 0 Å². The first-order valence-electron chi connectivity index (χ1n) is 6.10. The fourth-order valence-corrected chi connectivity index (χ4v) is 3.04. The molecule has 0 radical (unpaired) electrons. The number of fused-ring (bicyclic) bond motifs is 3. The van der Waals surface area contributed by atoms with E-state index in [2.05, 4.69) is 57.4 Å². The van der Waals surface area contributed by atoms with Gasteiger partial charge in [0, 0.05) is 17.6 Å². The third kappa shape index (κ3) is 1.70. The van der Waals surface area contributed by atoms with Crippen molar-refractivity contribution in [1.29, 1.82) is 0 Å². The average molecular weight is 294 g/mol. The highest BCUT2D eigenvalue weighted by atomic mass is 79.9. The van der Waals surface area contributed by atoms with Crippen LogP contribution in [-0.4, -0.2) is 27.5 Å². The molecule has 1 aromatic heterocycles. The quantitative estimate of drug-likeness (QED) is 0.805. The predicted octanol–water partition coefficient (Wildman–Crippen LogP) is 3.20. The summed E-state index contributed by atoms with van der Waals surface area (Å²) in [5.41, 5.74) is 2.35. The van der Waals surface area contributed by atoms with Crippen LogP contribution in [0.3, 0.4) is 0 Å². The minimum atomic E-state index is 0.417. The Morgan fingerprint density at radius 3 is 3.00 bits per heavy atom. The molecule has 1 aromatic carbocycles. The molecule has 17 heavy (non-hydrogen) atoms. The lowest BCUT2D eigenvalue weighted by molar-refractivity contribution is 0.176. The van der Waals surface area contributed by atoms with Crippen LogP contribution in [-0.2, 0) is 6.54 Å². The van der Waals surface area contributed by atoms with Gasteiger partial charge < -0.3 is 4.57 Å². The fraction of sp³-hybridized carbons (Fsp3) is 0.462. The van der Waals surface area contributed by atoms with Gasteiger partial charge in [0.25, 0.3) is 0 Å². The van der Waals surface area contributed by atoms with Gasteiger partial charge in [0.15, 0.2) is 0 Å². The Morgan fingerprint density at radius 1 is 1.41 bits per heavy atom. The lowest BCUT2D eigenvalue weighted by Gasteiger charge is -2.32. The van der Waals surface area contributed by atoms with Gasteiger partial charge in [0.05, 0.1) is 17.1 Å². The molecule has 0 N–H and O–H groups in total. The number of rotatable bonds is 1. The number of hydrogen-bond acceptors (Lipinski definition) is 2. The monoisotopic (exact) mass is 293 g/mol. The van der Waals surface area contributed by atoms with Crippen LogP contribution in [0.5, 0.6) is 0 Å². The van der Waals surface area contributed by atoms with E-state index in [1.165, 1.54) is 11.3 Å². The molecule has 0 aliphatic carbocycles. The lowest BCUT2D eigenvalue weighted by Crippen LogP contribution is -2.36. The summed E-state index contributed by atoms with van der Waals surface area (Å²) in [6, 6.07) is 6.77. The average Bonchev–Trinajstić information content (AvgIpc) is 2.68. The predicted molar refractivity (Wildman–Crippen MR) is 73.1 cm³/mol. The van der Waals surface area contributed by atoms with E-state index in [0.717, 1.165) is 29.6 Å². The Morgan fingerprint density at radius 2 is 2.24 bits per heavy atom. The van der Waals surface area contributed by atoms with Crippen LogP contribution in [0.2, 0.25) is 0 Å². The Bertz CT molecular complexity index is 561. The second-order valence-corrected chi connectivity index (χ2v) is 5.47. The van der Waals surface area contributed by atoms with Gasteiger partial charge in [-0.1, -0.05) is 22.9 Å². The summed E-state index contributed by atoms with van der Waals surface area (Å²) in [7, 11) is 0. The summed E-state index contributed by atoms with van der Waals surface area (Å²) < 4.78 is 3.46. The van der Waals surface area contributed by atoms with E-state index in [4.69, 9.17) is 4.98 Å². The number of likely N-dealkylation sites (N-methyl/N-ethyl adjacent to an activating group) is 1. The third-order valence-corrected chi connectivity index (χ3v) is 4.17. The maximum Gasteiger partial charge on any atom is 0.127 e. The number of nitrogens with zero attached hydrogens (tertiary/aromatic N) is 3. The van der Waals surface area contributed by atoms with Crippen molar-refractivity contribution in [2.75, 3.05) is 13.1 Å². The SMILES string of the molecule is CCN1CCn2c(nc3cc(Br)ccc32)[C@H]1C. The molecule has 0 unspecified atom stereocenters. The van der Waals surface area contributed by atoms with Crippen molar-refractivity contribution in [2.45, 2.75) is 26.4 Å². The van der Waals surface area contributed by atoms with E-state index in [1.807, 2.05) is 0 Å². The zero-order valence-corrected chi connectivity index (χ0v) is 11.7. The van der Waals surface area contributed by atoms with Gasteiger partial charge in [0.1, 0.15) is 5.82 Å². The summed E-state index contributed by atoms with van der Waals surface area (Å²) in [4.78, 5) is 7.25. The van der Waals surface area contributed by atoms with Crippen molar-refractivity contribution in [2.24, 2.45) is 0 Å². The Labute approximate surface area is 110 Å². The lowest BCUT2D eigenvalue weighted by atomic mass is 10.2. The minimum absolute atomic E-state index is 0.417. The summed E-state index contributed by atoms with van der Waals surface area (Å²) in [5.74, 6) is 1.20. The van der Waals surface area contributed by atoms with Crippen molar-refractivity contribution < 1.29 is 0 Å². The third-order valence-electron chi connectivity index (χ3n) is 3.68. The van der Waals surface area contributed by atoms with Crippen molar-refractivity contribution in [1.82, 2.24) is 14.5 Å². The van der Waals surface area contributed by atoms with Gasteiger partial charge in [-0.25, -0.2) is 4.98 Å². The molecule has 0 fully saturated rings. The van der Waals surface area contributed by atoms with Crippen molar-refractivity contribution >= 4 is 27.0 Å². The second kappa shape index (κ2) is 4.10. The van der Waals surface area contributed by atoms with E-state index < -0.39 is 0 Å². The van der Waals surface area contributed by atoms with Crippen LogP contribution in [0.4, 0.5) is 0 Å². The van der Waals surface area contributed by atoms with Gasteiger partial charge in [-0.2, -0.15) is 0 Å². The van der Waals surface area contributed by atoms with Crippen molar-refractivity contribution in [3.8, 4) is 0 Å². The molecule has 0 amide bonds. The van der Waals surface area contributed by atoms with E-state index in [1.54, 1.807) is 0 Å². The van der Waals surface area contributed by atoms with E-state index in [9.17, 15) is 0 Å². The maximum atomic E-state index is 4.78. The highest BCUT2D eigenvalue weighted by molar-refractivity contribution is 9.10. The zero-order valence-electron chi connectivity index (χ0n) is 10.2. The molecular formula is C13H16BrN3. The Hall–Kier alpha value is -0.870. The molecule has 90 valence electrons. The van der Waals surface area contributed by atoms with E-state index in [-0.39, 0.29) is 0 Å². The van der Waals surface area contributed by atoms with E-state index in [0.29, 0.717) is 6.04 Å². The van der Waals surface area contributed by atoms with Gasteiger partial charge in [-0.3, -0.25) is 4.90 Å². The summed E-state index contributed by atoms with van der Waals surface area (Å²) in [6.07, 6.45) is 0. The van der Waals surface area contributed by atoms with Gasteiger partial charge >= 0.3 is 0 Å². The molecule has 2 aromatic rings. The molecule has 3 rings (SSSR count). The van der Waals surface area contributed by atoms with Gasteiger partial charge in [-0.15, -0.1) is 0 Å². The van der Waals surface area contributed by atoms with Gasteiger partial charge in [-0.05, 0) is 31.7 Å². The molecule has 0 saturated carbocycles. The topological polar surface area (TPSA) is 21.1 Å². The number of imidazole rings is 1. The first kappa shape index (κ1) is 11.2. The molecule has 0 bridgehead atoms. The van der Waals surface area contributed by atoms with Crippen LogP contribution in [0.15, 0.2) is 22.7 Å². The molecule has 1 aliphatic heterocycles. The molecule has 1 aliphatic rings. The molecule has 2 heterocycles. The summed E-state index contributed by atoms with van der Waals surface area (Å²) in [6.45, 7) is 7.72. The van der Waals surface area contributed by atoms with E-state index >= 15 is 0 Å². The molecule has 0 saturated heterocycles. The summed E-state index contributed by atoms with van der Waals surface area (Å²) >= 11 is 3.51. The Balaban J connectivity index is 2.17. The summed E-state index contributed by atoms with van der Waals surface area (Å²) in [5, 5.41) is 0. The first-order valence-corrected chi connectivity index (χ1v) is 6.89. The highest BCUT2D eigenvalue weighted by Gasteiger charge is 2.25. The number of halogens is 1. The molecular weight excluding hydrogens is 278 g/mol. The van der Waals surface area contributed by atoms with Crippen LogP contribution in [0.25, 0.3) is 11.0 Å². The Kier molecular flexibility index (Phi) is 2.71. The van der Waals surface area contributed by atoms with Crippen LogP contribution < -0.4 is 0 Å². The molecule has 3 nitrogen and oxygen atoms in total. The fourth-order valence-electron chi connectivity index (χ4n) is 2.69. The van der Waals surface area contributed by atoms with Crippen LogP contribution in [0.1, 0.15) is 25.7 Å². The molecule has 1 atom stereocenters. The van der Waals surface area contributed by atoms with Crippen LogP contribution in [0, 0.1) is 0 Å². The number of hydrogen-bond donors (Lipinski definition) is 0. The van der Waals surface area contributed by atoms with Crippen molar-refractivity contribution in [3.63, 3.8) is 0 Å². The minimum Gasteiger partial charge on any atom is -0.325 e.